The molecule has 0 unspecified atom stereocenters. The van der Waals surface area contributed by atoms with Crippen LogP contribution >= 0.6 is 11.3 Å². The molecule has 6 aromatic rings. The molecule has 1 radical (unpaired) electrons. The molecule has 6 heteroatoms. The number of rotatable bonds is 9. The fourth-order valence-corrected chi connectivity index (χ4v) is 8.16. The van der Waals surface area contributed by atoms with Crippen molar-refractivity contribution in [1.82, 2.24) is 9.97 Å². The van der Waals surface area contributed by atoms with E-state index in [1.165, 1.54) is 54.2 Å². The van der Waals surface area contributed by atoms with Crippen molar-refractivity contribution in [2.45, 2.75) is 66.2 Å². The molecular weight excluding hydrogens is 801 g/mol. The standard InChI is InChI=1S/C30H19N2S.C13H24O2.Ir/c1-2-6-19(7-3-1)26-17-22(16-20-8-4-5-9-23(20)26)29-30-25(13-15-32-29)28-24-12-14-31-18-21(24)10-11-27(28)33-30;1-5-10(6-2)12(14)9-13(15)11(7-3)8-4;/h1-9,12-15,17-18H,10-11H2;9-11,14H,5-8H2,1-4H3;/q-1;;/b;12-9-;. The maximum absolute atomic E-state index is 11.7. The van der Waals surface area contributed by atoms with Crippen LogP contribution in [0, 0.1) is 17.9 Å². The second-order valence-corrected chi connectivity index (χ2v) is 13.6. The average molecular weight is 844 g/mol. The van der Waals surface area contributed by atoms with Crippen LogP contribution in [0.25, 0.3) is 54.4 Å². The van der Waals surface area contributed by atoms with Crippen molar-refractivity contribution in [1.29, 1.82) is 0 Å². The third-order valence-electron chi connectivity index (χ3n) is 9.67. The fraction of sp³-hybridized carbons (Fsp3) is 0.279. The van der Waals surface area contributed by atoms with E-state index < -0.39 is 0 Å². The van der Waals surface area contributed by atoms with E-state index in [0.29, 0.717) is 0 Å². The molecule has 0 bridgehead atoms. The number of thiophene rings is 1. The predicted octanol–water partition coefficient (Wildman–Crippen LogP) is 11.6. The summed E-state index contributed by atoms with van der Waals surface area (Å²) < 4.78 is 1.25. The van der Waals surface area contributed by atoms with Crippen molar-refractivity contribution in [3.8, 4) is 33.5 Å². The Hall–Kier alpha value is -3.96. The Balaban J connectivity index is 0.000000252. The van der Waals surface area contributed by atoms with Gasteiger partial charge in [-0.05, 0) is 72.7 Å². The summed E-state index contributed by atoms with van der Waals surface area (Å²) >= 11 is 1.89. The smallest absolute Gasteiger partial charge is 0.162 e. The summed E-state index contributed by atoms with van der Waals surface area (Å²) in [5.74, 6) is 0.547. The zero-order valence-corrected chi connectivity index (χ0v) is 31.8. The SMILES string of the molecule is CCC(CC)C(=O)/C=C(\O)C(CC)CC.[Ir].[c-]1c(-c2nccc3c4c(sc23)CCc2cnccc2-4)cc(-c2ccccc2)c2ccccc12. The molecule has 0 amide bonds. The minimum atomic E-state index is 0. The van der Waals surface area contributed by atoms with Gasteiger partial charge < -0.3 is 5.11 Å². The number of hydrogen-bond donors (Lipinski definition) is 1. The van der Waals surface area contributed by atoms with Crippen LogP contribution < -0.4 is 0 Å². The maximum atomic E-state index is 11.7. The van der Waals surface area contributed by atoms with Crippen LogP contribution in [0.1, 0.15) is 63.8 Å². The van der Waals surface area contributed by atoms with Gasteiger partial charge in [0.05, 0.1) is 5.76 Å². The van der Waals surface area contributed by atoms with Gasteiger partial charge in [-0.1, -0.05) is 92.7 Å². The van der Waals surface area contributed by atoms with Crippen LogP contribution in [0.5, 0.6) is 0 Å². The van der Waals surface area contributed by atoms with Gasteiger partial charge in [-0.25, -0.2) is 0 Å². The summed E-state index contributed by atoms with van der Waals surface area (Å²) in [7, 11) is 0. The minimum Gasteiger partial charge on any atom is -0.512 e. The van der Waals surface area contributed by atoms with E-state index in [4.69, 9.17) is 4.98 Å². The number of pyridine rings is 2. The third kappa shape index (κ3) is 7.62. The Labute approximate surface area is 307 Å². The Bertz CT molecular complexity index is 2080. The number of fused-ring (bicyclic) bond motifs is 6. The summed E-state index contributed by atoms with van der Waals surface area (Å²) in [4.78, 5) is 22.4. The Kier molecular flexibility index (Phi) is 12.3. The summed E-state index contributed by atoms with van der Waals surface area (Å²) in [5.41, 5.74) is 8.52. The molecular formula is C43H43IrN2O2S-. The van der Waals surface area contributed by atoms with Crippen LogP contribution in [0.15, 0.2) is 103 Å². The fourth-order valence-electron chi connectivity index (χ4n) is 6.85. The van der Waals surface area contributed by atoms with Crippen molar-refractivity contribution < 1.29 is 30.0 Å². The number of aliphatic hydroxyl groups excluding tert-OH is 1. The van der Waals surface area contributed by atoms with Gasteiger partial charge in [0.15, 0.2) is 5.78 Å². The number of carbonyl (C=O) groups is 1. The van der Waals surface area contributed by atoms with Gasteiger partial charge in [-0.15, -0.1) is 34.9 Å². The molecule has 4 nitrogen and oxygen atoms in total. The summed E-state index contributed by atoms with van der Waals surface area (Å²) in [5, 5.41) is 13.4. The molecule has 0 aliphatic heterocycles. The molecule has 7 rings (SSSR count). The number of carbonyl (C=O) groups excluding carboxylic acids is 1. The second-order valence-electron chi connectivity index (χ2n) is 12.5. The molecule has 1 aliphatic carbocycles. The van der Waals surface area contributed by atoms with Crippen LogP contribution in [0.3, 0.4) is 0 Å². The molecule has 0 fully saturated rings. The second kappa shape index (κ2) is 16.6. The first kappa shape index (κ1) is 36.3. The first-order valence-corrected chi connectivity index (χ1v) is 18.1. The van der Waals surface area contributed by atoms with Crippen molar-refractivity contribution in [3.05, 3.63) is 120 Å². The molecule has 0 saturated heterocycles. The molecule has 0 spiro atoms. The Morgan fingerprint density at radius 3 is 2.31 bits per heavy atom. The van der Waals surface area contributed by atoms with Crippen molar-refractivity contribution in [3.63, 3.8) is 0 Å². The van der Waals surface area contributed by atoms with Gasteiger partial charge in [0.2, 0.25) is 0 Å². The monoisotopic (exact) mass is 844 g/mol. The number of benzene rings is 3. The Morgan fingerprint density at radius 2 is 1.57 bits per heavy atom. The number of aryl methyl sites for hydroxylation is 2. The van der Waals surface area contributed by atoms with E-state index in [9.17, 15) is 9.90 Å². The van der Waals surface area contributed by atoms with E-state index >= 15 is 0 Å². The summed E-state index contributed by atoms with van der Waals surface area (Å²) in [6, 6.07) is 29.4. The Morgan fingerprint density at radius 1 is 0.857 bits per heavy atom. The minimum absolute atomic E-state index is 0. The molecule has 1 N–H and O–H groups in total. The van der Waals surface area contributed by atoms with Crippen LogP contribution in [-0.2, 0) is 37.7 Å². The van der Waals surface area contributed by atoms with Crippen LogP contribution in [0.2, 0.25) is 0 Å². The predicted molar refractivity (Wildman–Crippen MR) is 201 cm³/mol. The normalized spacial score (nSPS) is 12.3. The topological polar surface area (TPSA) is 63.1 Å². The largest absolute Gasteiger partial charge is 0.512 e. The molecule has 3 aromatic heterocycles. The molecule has 49 heavy (non-hydrogen) atoms. The van der Waals surface area contributed by atoms with E-state index in [0.717, 1.165) is 55.2 Å². The number of ketones is 1. The third-order valence-corrected chi connectivity index (χ3v) is 10.9. The van der Waals surface area contributed by atoms with E-state index in [2.05, 4.69) is 83.8 Å². The van der Waals surface area contributed by atoms with Crippen LogP contribution in [0.4, 0.5) is 0 Å². The van der Waals surface area contributed by atoms with Gasteiger partial charge in [0.25, 0.3) is 0 Å². The number of aromatic nitrogens is 2. The molecule has 1 aliphatic rings. The van der Waals surface area contributed by atoms with Gasteiger partial charge >= 0.3 is 0 Å². The molecule has 0 atom stereocenters. The molecule has 0 saturated carbocycles. The van der Waals surface area contributed by atoms with E-state index in [1.807, 2.05) is 57.6 Å². The van der Waals surface area contributed by atoms with Crippen molar-refractivity contribution in [2.24, 2.45) is 11.8 Å². The van der Waals surface area contributed by atoms with Gasteiger partial charge in [-0.3, -0.25) is 14.8 Å². The maximum Gasteiger partial charge on any atom is 0.162 e. The first-order chi connectivity index (χ1) is 23.5. The van der Waals surface area contributed by atoms with Gasteiger partial charge in [0, 0.05) is 77.4 Å². The first-order valence-electron chi connectivity index (χ1n) is 17.3. The average Bonchev–Trinajstić information content (AvgIpc) is 3.52. The number of aliphatic hydroxyl groups is 1. The van der Waals surface area contributed by atoms with E-state index in [1.54, 1.807) is 0 Å². The number of nitrogens with zero attached hydrogens (tertiary/aromatic N) is 2. The number of hydrogen-bond acceptors (Lipinski definition) is 5. The molecule has 253 valence electrons. The van der Waals surface area contributed by atoms with E-state index in [-0.39, 0.29) is 43.5 Å². The zero-order valence-electron chi connectivity index (χ0n) is 28.6. The van der Waals surface area contributed by atoms with Crippen LogP contribution in [-0.4, -0.2) is 20.9 Å². The number of allylic oxidation sites excluding steroid dienone is 2. The summed E-state index contributed by atoms with van der Waals surface area (Å²) in [6.07, 6.45) is 12.9. The van der Waals surface area contributed by atoms with Gasteiger partial charge in [0.1, 0.15) is 0 Å². The van der Waals surface area contributed by atoms with Crippen molar-refractivity contribution in [2.75, 3.05) is 0 Å². The van der Waals surface area contributed by atoms with Crippen molar-refractivity contribution >= 4 is 38.0 Å². The summed E-state index contributed by atoms with van der Waals surface area (Å²) in [6.45, 7) is 8.07. The molecule has 3 heterocycles. The van der Waals surface area contributed by atoms with Gasteiger partial charge in [-0.2, -0.15) is 0 Å². The zero-order chi connectivity index (χ0) is 33.6. The molecule has 3 aromatic carbocycles. The quantitative estimate of drug-likeness (QED) is 0.0895.